The van der Waals surface area contributed by atoms with Crippen LogP contribution in [0.25, 0.3) is 0 Å². The zero-order valence-electron chi connectivity index (χ0n) is 20.4. The van der Waals surface area contributed by atoms with Crippen molar-refractivity contribution in [2.24, 2.45) is 0 Å². The molecule has 10 nitrogen and oxygen atoms in total. The highest BCUT2D eigenvalue weighted by molar-refractivity contribution is 7.93. The van der Waals surface area contributed by atoms with Crippen molar-refractivity contribution < 1.29 is 32.2 Å². The van der Waals surface area contributed by atoms with Crippen LogP contribution in [0, 0.1) is 0 Å². The number of nitrogens with zero attached hydrogens (tertiary/aromatic N) is 1. The van der Waals surface area contributed by atoms with Gasteiger partial charge in [0.25, 0.3) is 10.0 Å². The van der Waals surface area contributed by atoms with Crippen LogP contribution in [0.4, 0.5) is 17.1 Å². The summed E-state index contributed by atoms with van der Waals surface area (Å²) >= 11 is 12.1. The Kier molecular flexibility index (Phi) is 7.91. The topological polar surface area (TPSA) is 123 Å². The van der Waals surface area contributed by atoms with Crippen molar-refractivity contribution in [3.8, 4) is 17.2 Å². The standard InChI is InChI=1S/C25H23Cl2N3O7S/c1-35-14-10-21(36-2)24(22(11-14)37-3)29-23(31)13-20-25(32)28-18-6-4-5-7-19(18)30(20)38(33,34)15-8-9-16(26)17(27)12-15/h4-12,20H,13H2,1-3H3,(H,28,32)(H,29,31)/t20-/m0/s1. The number of hydrogen-bond acceptors (Lipinski definition) is 7. The summed E-state index contributed by atoms with van der Waals surface area (Å²) in [6, 6.07) is 11.8. The fraction of sp³-hybridized carbons (Fsp3) is 0.200. The van der Waals surface area contributed by atoms with Crippen LogP contribution in [0.2, 0.25) is 10.0 Å². The van der Waals surface area contributed by atoms with E-state index in [2.05, 4.69) is 10.6 Å². The highest BCUT2D eigenvalue weighted by atomic mass is 35.5. The van der Waals surface area contributed by atoms with Gasteiger partial charge in [0, 0.05) is 12.1 Å². The number of hydrogen-bond donors (Lipinski definition) is 2. The molecule has 1 aliphatic rings. The molecule has 2 N–H and O–H groups in total. The molecule has 38 heavy (non-hydrogen) atoms. The average Bonchev–Trinajstić information content (AvgIpc) is 2.90. The Bertz CT molecular complexity index is 1490. The molecule has 4 rings (SSSR count). The molecular weight excluding hydrogens is 557 g/mol. The molecule has 0 fully saturated rings. The van der Waals surface area contributed by atoms with E-state index in [0.717, 1.165) is 4.31 Å². The van der Waals surface area contributed by atoms with E-state index in [4.69, 9.17) is 37.4 Å². The summed E-state index contributed by atoms with van der Waals surface area (Å²) in [4.78, 5) is 26.2. The SMILES string of the molecule is COc1cc(OC)c(NC(=O)C[C@H]2C(=O)Nc3ccccc3N2S(=O)(=O)c2ccc(Cl)c(Cl)c2)c(OC)c1. The van der Waals surface area contributed by atoms with Gasteiger partial charge in [0.1, 0.15) is 29.0 Å². The third-order valence-electron chi connectivity index (χ3n) is 5.79. The quantitative estimate of drug-likeness (QED) is 0.400. The number of ether oxygens (including phenoxy) is 3. The second kappa shape index (κ2) is 11.0. The number of fused-ring (bicyclic) bond motifs is 1. The van der Waals surface area contributed by atoms with Gasteiger partial charge < -0.3 is 24.8 Å². The van der Waals surface area contributed by atoms with Crippen LogP contribution in [0.3, 0.4) is 0 Å². The van der Waals surface area contributed by atoms with Crippen molar-refractivity contribution in [1.82, 2.24) is 0 Å². The fourth-order valence-electron chi connectivity index (χ4n) is 3.98. The minimum Gasteiger partial charge on any atom is -0.496 e. The van der Waals surface area contributed by atoms with Crippen LogP contribution < -0.4 is 29.1 Å². The van der Waals surface area contributed by atoms with Gasteiger partial charge in [-0.3, -0.25) is 13.9 Å². The number of sulfonamides is 1. The van der Waals surface area contributed by atoms with Gasteiger partial charge in [0.05, 0.1) is 54.1 Å². The molecule has 1 heterocycles. The number of carbonyl (C=O) groups is 2. The number of methoxy groups -OCH3 is 3. The van der Waals surface area contributed by atoms with Gasteiger partial charge in [-0.15, -0.1) is 0 Å². The summed E-state index contributed by atoms with van der Waals surface area (Å²) in [7, 11) is -0.0919. The Morgan fingerprint density at radius 2 is 1.63 bits per heavy atom. The summed E-state index contributed by atoms with van der Waals surface area (Å²) < 4.78 is 44.5. The summed E-state index contributed by atoms with van der Waals surface area (Å²) in [5.74, 6) is -0.433. The average molecular weight is 580 g/mol. The molecule has 0 bridgehead atoms. The van der Waals surface area contributed by atoms with Gasteiger partial charge in [0.15, 0.2) is 0 Å². The molecule has 0 unspecified atom stereocenters. The first kappa shape index (κ1) is 27.4. The summed E-state index contributed by atoms with van der Waals surface area (Å²) in [6.45, 7) is 0. The Hall–Kier alpha value is -3.67. The summed E-state index contributed by atoms with van der Waals surface area (Å²) in [5.41, 5.74) is 0.656. The number of anilines is 3. The molecule has 0 saturated carbocycles. The zero-order valence-corrected chi connectivity index (χ0v) is 22.8. The van der Waals surface area contributed by atoms with E-state index < -0.39 is 34.3 Å². The minimum atomic E-state index is -4.37. The Morgan fingerprint density at radius 1 is 0.974 bits per heavy atom. The minimum absolute atomic E-state index is 0.0236. The molecular formula is C25H23Cl2N3O7S. The normalized spacial score (nSPS) is 14.8. The highest BCUT2D eigenvalue weighted by Crippen LogP contribution is 2.41. The van der Waals surface area contributed by atoms with Crippen LogP contribution in [0.5, 0.6) is 17.2 Å². The molecule has 0 radical (unpaired) electrons. The smallest absolute Gasteiger partial charge is 0.265 e. The van der Waals surface area contributed by atoms with Gasteiger partial charge in [0.2, 0.25) is 11.8 Å². The first-order chi connectivity index (χ1) is 18.1. The van der Waals surface area contributed by atoms with Gasteiger partial charge in [-0.05, 0) is 30.3 Å². The first-order valence-corrected chi connectivity index (χ1v) is 13.3. The lowest BCUT2D eigenvalue weighted by atomic mass is 10.1. The summed E-state index contributed by atoms with van der Waals surface area (Å²) in [5, 5.41) is 5.53. The molecule has 0 aliphatic carbocycles. The lowest BCUT2D eigenvalue weighted by Crippen LogP contribution is -2.52. The molecule has 1 atom stereocenters. The van der Waals surface area contributed by atoms with E-state index in [1.807, 2.05) is 0 Å². The Labute approximate surface area is 229 Å². The van der Waals surface area contributed by atoms with E-state index in [1.54, 1.807) is 30.3 Å². The van der Waals surface area contributed by atoms with Gasteiger partial charge in [-0.1, -0.05) is 35.3 Å². The van der Waals surface area contributed by atoms with Gasteiger partial charge in [-0.25, -0.2) is 8.42 Å². The van der Waals surface area contributed by atoms with Crippen LogP contribution in [-0.2, 0) is 19.6 Å². The number of para-hydroxylation sites is 2. The van der Waals surface area contributed by atoms with Crippen LogP contribution in [0.1, 0.15) is 6.42 Å². The van der Waals surface area contributed by atoms with Crippen molar-refractivity contribution in [3.63, 3.8) is 0 Å². The Morgan fingerprint density at radius 3 is 2.24 bits per heavy atom. The Balaban J connectivity index is 1.74. The van der Waals surface area contributed by atoms with E-state index >= 15 is 0 Å². The largest absolute Gasteiger partial charge is 0.496 e. The van der Waals surface area contributed by atoms with Crippen molar-refractivity contribution in [2.75, 3.05) is 36.3 Å². The second-order valence-corrected chi connectivity index (χ2v) is 10.7. The van der Waals surface area contributed by atoms with E-state index in [-0.39, 0.29) is 43.5 Å². The van der Waals surface area contributed by atoms with Gasteiger partial charge in [-0.2, -0.15) is 0 Å². The fourth-order valence-corrected chi connectivity index (χ4v) is 6.00. The molecule has 13 heteroatoms. The monoisotopic (exact) mass is 579 g/mol. The maximum Gasteiger partial charge on any atom is 0.265 e. The number of halogens is 2. The van der Waals surface area contributed by atoms with Crippen LogP contribution >= 0.6 is 23.2 Å². The molecule has 200 valence electrons. The number of carbonyl (C=O) groups excluding carboxylic acids is 2. The van der Waals surface area contributed by atoms with Gasteiger partial charge >= 0.3 is 0 Å². The number of amides is 2. The van der Waals surface area contributed by atoms with Crippen molar-refractivity contribution in [2.45, 2.75) is 17.4 Å². The number of nitrogens with one attached hydrogen (secondary N) is 2. The third-order valence-corrected chi connectivity index (χ3v) is 8.35. The van der Waals surface area contributed by atoms with E-state index in [0.29, 0.717) is 5.75 Å². The van der Waals surface area contributed by atoms with Crippen molar-refractivity contribution >= 4 is 62.1 Å². The highest BCUT2D eigenvalue weighted by Gasteiger charge is 2.42. The third kappa shape index (κ3) is 5.17. The van der Waals surface area contributed by atoms with E-state index in [1.165, 1.54) is 45.6 Å². The molecule has 0 aromatic heterocycles. The zero-order chi connectivity index (χ0) is 27.6. The van der Waals surface area contributed by atoms with Crippen molar-refractivity contribution in [1.29, 1.82) is 0 Å². The predicted octanol–water partition coefficient (Wildman–Crippen LogP) is 4.56. The molecule has 0 saturated heterocycles. The van der Waals surface area contributed by atoms with E-state index in [9.17, 15) is 18.0 Å². The molecule has 1 aliphatic heterocycles. The number of benzene rings is 3. The number of rotatable bonds is 8. The van der Waals surface area contributed by atoms with Crippen LogP contribution in [0.15, 0.2) is 59.5 Å². The maximum atomic E-state index is 13.8. The summed E-state index contributed by atoms with van der Waals surface area (Å²) in [6.07, 6.45) is -0.529. The predicted molar refractivity (Wildman–Crippen MR) is 144 cm³/mol. The lowest BCUT2D eigenvalue weighted by Gasteiger charge is -2.36. The molecule has 3 aromatic carbocycles. The lowest BCUT2D eigenvalue weighted by molar-refractivity contribution is -0.122. The molecule has 0 spiro atoms. The van der Waals surface area contributed by atoms with Crippen LogP contribution in [-0.4, -0.2) is 47.6 Å². The molecule has 2 amide bonds. The first-order valence-electron chi connectivity index (χ1n) is 11.1. The second-order valence-electron chi connectivity index (χ2n) is 8.06. The van der Waals surface area contributed by atoms with Crippen molar-refractivity contribution in [3.05, 3.63) is 64.6 Å². The maximum absolute atomic E-state index is 13.8. The molecule has 3 aromatic rings.